The molecule has 1 unspecified atom stereocenters. The van der Waals surface area contributed by atoms with Gasteiger partial charge < -0.3 is 10.2 Å². The minimum atomic E-state index is 0.189. The molecule has 2 saturated heterocycles. The van der Waals surface area contributed by atoms with Crippen molar-refractivity contribution < 1.29 is 4.79 Å². The molecule has 2 aliphatic heterocycles. The fourth-order valence-electron chi connectivity index (χ4n) is 3.02. The molecule has 0 saturated carbocycles. The highest BCUT2D eigenvalue weighted by molar-refractivity contribution is 5.94. The molecule has 17 heavy (non-hydrogen) atoms. The van der Waals surface area contributed by atoms with Gasteiger partial charge in [-0.15, -0.1) is 0 Å². The molecule has 1 aromatic rings. The van der Waals surface area contributed by atoms with Crippen molar-refractivity contribution in [2.75, 3.05) is 26.2 Å². The van der Waals surface area contributed by atoms with Gasteiger partial charge in [0.25, 0.3) is 5.91 Å². The third-order valence-corrected chi connectivity index (χ3v) is 4.08. The second-order valence-electron chi connectivity index (χ2n) is 5.27. The summed E-state index contributed by atoms with van der Waals surface area (Å²) in [4.78, 5) is 14.3. The zero-order valence-electron chi connectivity index (χ0n) is 9.98. The Bertz CT molecular complexity index is 409. The van der Waals surface area contributed by atoms with E-state index in [0.29, 0.717) is 5.41 Å². The number of likely N-dealkylation sites (tertiary alicyclic amines) is 1. The van der Waals surface area contributed by atoms with Gasteiger partial charge in [-0.1, -0.05) is 18.2 Å². The third-order valence-electron chi connectivity index (χ3n) is 4.08. The van der Waals surface area contributed by atoms with E-state index in [1.165, 1.54) is 6.42 Å². The highest BCUT2D eigenvalue weighted by Gasteiger charge is 2.41. The molecule has 0 aromatic heterocycles. The second-order valence-corrected chi connectivity index (χ2v) is 5.27. The van der Waals surface area contributed by atoms with Crippen LogP contribution in [0.15, 0.2) is 30.3 Å². The molecule has 1 atom stereocenters. The number of nitrogens with one attached hydrogen (secondary N) is 1. The van der Waals surface area contributed by atoms with Gasteiger partial charge in [0.05, 0.1) is 0 Å². The van der Waals surface area contributed by atoms with Gasteiger partial charge in [0.15, 0.2) is 0 Å². The van der Waals surface area contributed by atoms with E-state index in [9.17, 15) is 4.79 Å². The van der Waals surface area contributed by atoms with Crippen LogP contribution in [-0.4, -0.2) is 37.0 Å². The lowest BCUT2D eigenvalue weighted by Gasteiger charge is -2.22. The predicted molar refractivity (Wildman–Crippen MR) is 66.9 cm³/mol. The van der Waals surface area contributed by atoms with Crippen molar-refractivity contribution in [3.8, 4) is 0 Å². The van der Waals surface area contributed by atoms with E-state index in [2.05, 4.69) is 5.32 Å². The molecule has 2 aliphatic rings. The smallest absolute Gasteiger partial charge is 0.253 e. The molecule has 3 rings (SSSR count). The first-order valence-electron chi connectivity index (χ1n) is 6.34. The topological polar surface area (TPSA) is 32.3 Å². The lowest BCUT2D eigenvalue weighted by molar-refractivity contribution is 0.0776. The fourth-order valence-corrected chi connectivity index (χ4v) is 3.02. The average Bonchev–Trinajstić information content (AvgIpc) is 3.01. The number of hydrogen-bond acceptors (Lipinski definition) is 2. The van der Waals surface area contributed by atoms with Crippen LogP contribution in [0.1, 0.15) is 23.2 Å². The molecule has 3 heteroatoms. The molecule has 0 bridgehead atoms. The third kappa shape index (κ3) is 1.95. The minimum absolute atomic E-state index is 0.189. The van der Waals surface area contributed by atoms with Crippen LogP contribution in [0.2, 0.25) is 0 Å². The molecule has 1 spiro atoms. The van der Waals surface area contributed by atoms with E-state index >= 15 is 0 Å². The van der Waals surface area contributed by atoms with Gasteiger partial charge in [-0.2, -0.15) is 0 Å². The molecule has 0 aliphatic carbocycles. The van der Waals surface area contributed by atoms with E-state index < -0.39 is 0 Å². The van der Waals surface area contributed by atoms with Crippen LogP contribution >= 0.6 is 0 Å². The molecule has 2 heterocycles. The summed E-state index contributed by atoms with van der Waals surface area (Å²) in [7, 11) is 0. The van der Waals surface area contributed by atoms with E-state index in [4.69, 9.17) is 0 Å². The normalized spacial score (nSPS) is 27.9. The zero-order chi connectivity index (χ0) is 11.7. The van der Waals surface area contributed by atoms with Crippen molar-refractivity contribution in [2.45, 2.75) is 12.8 Å². The molecule has 1 aromatic carbocycles. The quantitative estimate of drug-likeness (QED) is 0.793. The predicted octanol–water partition coefficient (Wildman–Crippen LogP) is 1.51. The first kappa shape index (κ1) is 10.8. The molecular weight excluding hydrogens is 212 g/mol. The Morgan fingerprint density at radius 3 is 2.76 bits per heavy atom. The SMILES string of the molecule is O=C(c1ccccc1)N1CCC2(CCNC2)C1. The number of nitrogens with zero attached hydrogens (tertiary/aromatic N) is 1. The maximum atomic E-state index is 12.3. The van der Waals surface area contributed by atoms with Crippen LogP contribution in [0, 0.1) is 5.41 Å². The van der Waals surface area contributed by atoms with Crippen molar-refractivity contribution in [3.63, 3.8) is 0 Å². The van der Waals surface area contributed by atoms with Crippen molar-refractivity contribution in [1.82, 2.24) is 10.2 Å². The maximum Gasteiger partial charge on any atom is 0.253 e. The molecule has 1 amide bonds. The second kappa shape index (κ2) is 4.15. The van der Waals surface area contributed by atoms with Gasteiger partial charge in [-0.05, 0) is 31.5 Å². The van der Waals surface area contributed by atoms with Gasteiger partial charge >= 0.3 is 0 Å². The van der Waals surface area contributed by atoms with E-state index in [0.717, 1.165) is 38.2 Å². The van der Waals surface area contributed by atoms with Crippen LogP contribution in [0.3, 0.4) is 0 Å². The summed E-state index contributed by atoms with van der Waals surface area (Å²) in [5.74, 6) is 0.189. The van der Waals surface area contributed by atoms with Crippen molar-refractivity contribution in [2.24, 2.45) is 5.41 Å². The van der Waals surface area contributed by atoms with Gasteiger partial charge in [0, 0.05) is 30.6 Å². The Balaban J connectivity index is 1.73. The monoisotopic (exact) mass is 230 g/mol. The lowest BCUT2D eigenvalue weighted by atomic mass is 9.86. The molecule has 0 radical (unpaired) electrons. The Labute approximate surface area is 102 Å². The summed E-state index contributed by atoms with van der Waals surface area (Å²) in [6.45, 7) is 4.02. The summed E-state index contributed by atoms with van der Waals surface area (Å²) in [6.07, 6.45) is 2.37. The minimum Gasteiger partial charge on any atom is -0.338 e. The van der Waals surface area contributed by atoms with Gasteiger partial charge in [-0.25, -0.2) is 0 Å². The van der Waals surface area contributed by atoms with Gasteiger partial charge in [0.2, 0.25) is 0 Å². The highest BCUT2D eigenvalue weighted by Crippen LogP contribution is 2.36. The van der Waals surface area contributed by atoms with E-state index in [-0.39, 0.29) is 5.91 Å². The Hall–Kier alpha value is -1.35. The van der Waals surface area contributed by atoms with Crippen LogP contribution < -0.4 is 5.32 Å². The molecule has 1 N–H and O–H groups in total. The van der Waals surface area contributed by atoms with E-state index in [1.807, 2.05) is 35.2 Å². The fraction of sp³-hybridized carbons (Fsp3) is 0.500. The largest absolute Gasteiger partial charge is 0.338 e. The van der Waals surface area contributed by atoms with E-state index in [1.54, 1.807) is 0 Å². The van der Waals surface area contributed by atoms with Crippen molar-refractivity contribution in [3.05, 3.63) is 35.9 Å². The van der Waals surface area contributed by atoms with Gasteiger partial charge in [-0.3, -0.25) is 4.79 Å². The number of amides is 1. The maximum absolute atomic E-state index is 12.3. The number of carbonyl (C=O) groups is 1. The first-order chi connectivity index (χ1) is 8.29. The zero-order valence-corrected chi connectivity index (χ0v) is 9.98. The number of benzene rings is 1. The first-order valence-corrected chi connectivity index (χ1v) is 6.34. The summed E-state index contributed by atoms with van der Waals surface area (Å²) in [5, 5.41) is 3.42. The van der Waals surface area contributed by atoms with Crippen LogP contribution in [0.4, 0.5) is 0 Å². The Morgan fingerprint density at radius 2 is 2.06 bits per heavy atom. The molecular formula is C14H18N2O. The highest BCUT2D eigenvalue weighted by atomic mass is 16.2. The average molecular weight is 230 g/mol. The van der Waals surface area contributed by atoms with Crippen molar-refractivity contribution >= 4 is 5.91 Å². The van der Waals surface area contributed by atoms with Gasteiger partial charge in [0.1, 0.15) is 0 Å². The van der Waals surface area contributed by atoms with Crippen LogP contribution in [0.5, 0.6) is 0 Å². The number of rotatable bonds is 1. The summed E-state index contributed by atoms with van der Waals surface area (Å²) < 4.78 is 0. The summed E-state index contributed by atoms with van der Waals surface area (Å²) >= 11 is 0. The summed E-state index contributed by atoms with van der Waals surface area (Å²) in [6, 6.07) is 9.61. The van der Waals surface area contributed by atoms with Crippen LogP contribution in [0.25, 0.3) is 0 Å². The van der Waals surface area contributed by atoms with Crippen molar-refractivity contribution in [1.29, 1.82) is 0 Å². The molecule has 90 valence electrons. The standard InChI is InChI=1S/C14H18N2O/c17-13(12-4-2-1-3-5-12)16-9-7-14(11-16)6-8-15-10-14/h1-5,15H,6-11H2. The Morgan fingerprint density at radius 1 is 1.24 bits per heavy atom. The van der Waals surface area contributed by atoms with Crippen LogP contribution in [-0.2, 0) is 0 Å². The Kier molecular flexibility index (Phi) is 2.63. The molecule has 3 nitrogen and oxygen atoms in total. The lowest BCUT2D eigenvalue weighted by Crippen LogP contribution is -2.33. The number of hydrogen-bond donors (Lipinski definition) is 1. The molecule has 2 fully saturated rings. The number of carbonyl (C=O) groups excluding carboxylic acids is 1. The summed E-state index contributed by atoms with van der Waals surface area (Å²) in [5.41, 5.74) is 1.18.